The van der Waals surface area contributed by atoms with Gasteiger partial charge in [0, 0.05) is 19.1 Å². The van der Waals surface area contributed by atoms with E-state index in [1.807, 2.05) is 26.0 Å². The molecule has 0 spiro atoms. The molecule has 17 heavy (non-hydrogen) atoms. The molecule has 1 aromatic carbocycles. The molecule has 1 rings (SSSR count). The Morgan fingerprint density at radius 1 is 1.24 bits per heavy atom. The first-order valence-electron chi connectivity index (χ1n) is 5.78. The van der Waals surface area contributed by atoms with Crippen LogP contribution in [0.3, 0.4) is 0 Å². The smallest absolute Gasteiger partial charge is 0.240 e. The maximum atomic E-state index is 12.0. The Kier molecular flexibility index (Phi) is 5.11. The summed E-state index contributed by atoms with van der Waals surface area (Å²) in [5, 5.41) is 3.22. The Labute approximate surface area is 103 Å². The third-order valence-corrected chi connectivity index (χ3v) is 3.94. The van der Waals surface area contributed by atoms with Crippen molar-refractivity contribution in [2.24, 2.45) is 0 Å². The summed E-state index contributed by atoms with van der Waals surface area (Å²) in [7, 11) is -3.38. The largest absolute Gasteiger partial charge is 0.310 e. The fraction of sp³-hybridized carbons (Fsp3) is 0.500. The summed E-state index contributed by atoms with van der Waals surface area (Å²) in [5.41, 5.74) is 0.794. The van der Waals surface area contributed by atoms with E-state index in [1.54, 1.807) is 19.1 Å². The van der Waals surface area contributed by atoms with Gasteiger partial charge in [-0.2, -0.15) is 0 Å². The van der Waals surface area contributed by atoms with E-state index in [1.165, 1.54) is 0 Å². The van der Waals surface area contributed by atoms with E-state index in [0.29, 0.717) is 24.0 Å². The second-order valence-corrected chi connectivity index (χ2v) is 5.88. The van der Waals surface area contributed by atoms with Crippen LogP contribution in [0.2, 0.25) is 0 Å². The van der Waals surface area contributed by atoms with Crippen LogP contribution >= 0.6 is 0 Å². The highest BCUT2D eigenvalue weighted by atomic mass is 32.2. The van der Waals surface area contributed by atoms with Crippen molar-refractivity contribution in [3.8, 4) is 0 Å². The van der Waals surface area contributed by atoms with Crippen LogP contribution in [0.15, 0.2) is 29.2 Å². The van der Waals surface area contributed by atoms with Crippen LogP contribution in [0.4, 0.5) is 0 Å². The van der Waals surface area contributed by atoms with Crippen molar-refractivity contribution in [2.75, 3.05) is 6.54 Å². The number of benzene rings is 1. The zero-order valence-electron chi connectivity index (χ0n) is 10.5. The van der Waals surface area contributed by atoms with Crippen LogP contribution < -0.4 is 10.0 Å². The minimum absolute atomic E-state index is 0.324. The van der Waals surface area contributed by atoms with Crippen molar-refractivity contribution >= 4 is 10.0 Å². The summed E-state index contributed by atoms with van der Waals surface area (Å²) in [5.74, 6) is 0. The van der Waals surface area contributed by atoms with E-state index in [0.717, 1.165) is 5.56 Å². The molecule has 0 unspecified atom stereocenters. The maximum Gasteiger partial charge on any atom is 0.240 e. The fourth-order valence-electron chi connectivity index (χ4n) is 1.49. The van der Waals surface area contributed by atoms with E-state index in [9.17, 15) is 8.42 Å². The predicted octanol–water partition coefficient (Wildman–Crippen LogP) is 1.48. The fourth-order valence-corrected chi connectivity index (χ4v) is 2.77. The lowest BCUT2D eigenvalue weighted by atomic mass is 10.2. The SMILES string of the molecule is CCNS(=O)(=O)c1ccccc1CNC(C)C. The van der Waals surface area contributed by atoms with Crippen molar-refractivity contribution in [1.82, 2.24) is 10.0 Å². The summed E-state index contributed by atoms with van der Waals surface area (Å²) in [6.07, 6.45) is 0. The van der Waals surface area contributed by atoms with Gasteiger partial charge in [0.25, 0.3) is 0 Å². The third-order valence-electron chi connectivity index (χ3n) is 2.30. The van der Waals surface area contributed by atoms with Gasteiger partial charge < -0.3 is 5.32 Å². The zero-order valence-corrected chi connectivity index (χ0v) is 11.3. The first-order chi connectivity index (χ1) is 7.97. The molecule has 4 nitrogen and oxygen atoms in total. The normalized spacial score (nSPS) is 12.0. The van der Waals surface area contributed by atoms with Gasteiger partial charge in [-0.15, -0.1) is 0 Å². The van der Waals surface area contributed by atoms with Gasteiger partial charge in [0.05, 0.1) is 4.90 Å². The zero-order chi connectivity index (χ0) is 12.9. The topological polar surface area (TPSA) is 58.2 Å². The van der Waals surface area contributed by atoms with Crippen molar-refractivity contribution in [3.63, 3.8) is 0 Å². The van der Waals surface area contributed by atoms with Gasteiger partial charge in [-0.05, 0) is 11.6 Å². The van der Waals surface area contributed by atoms with Gasteiger partial charge in [-0.1, -0.05) is 39.0 Å². The molecule has 2 N–H and O–H groups in total. The molecule has 0 saturated carbocycles. The molecule has 0 radical (unpaired) electrons. The van der Waals surface area contributed by atoms with Crippen molar-refractivity contribution in [2.45, 2.75) is 38.3 Å². The molecule has 0 aliphatic rings. The molecule has 0 amide bonds. The minimum atomic E-state index is -3.38. The van der Waals surface area contributed by atoms with Crippen LogP contribution in [0.1, 0.15) is 26.3 Å². The monoisotopic (exact) mass is 256 g/mol. The molecule has 0 bridgehead atoms. The summed E-state index contributed by atoms with van der Waals surface area (Å²) < 4.78 is 26.4. The average molecular weight is 256 g/mol. The van der Waals surface area contributed by atoms with E-state index in [4.69, 9.17) is 0 Å². The molecule has 0 aromatic heterocycles. The van der Waals surface area contributed by atoms with Crippen molar-refractivity contribution in [1.29, 1.82) is 0 Å². The van der Waals surface area contributed by atoms with Gasteiger partial charge >= 0.3 is 0 Å². The molecule has 0 heterocycles. The number of nitrogens with one attached hydrogen (secondary N) is 2. The summed E-state index contributed by atoms with van der Waals surface area (Å²) in [6, 6.07) is 7.38. The predicted molar refractivity (Wildman–Crippen MR) is 69.3 cm³/mol. The molecular formula is C12H20N2O2S. The highest BCUT2D eigenvalue weighted by Crippen LogP contribution is 2.15. The molecule has 1 aromatic rings. The molecule has 0 aliphatic heterocycles. The van der Waals surface area contributed by atoms with Crippen molar-refractivity contribution < 1.29 is 8.42 Å². The van der Waals surface area contributed by atoms with Gasteiger partial charge in [-0.25, -0.2) is 13.1 Å². The Bertz CT molecular complexity index is 455. The van der Waals surface area contributed by atoms with E-state index in [2.05, 4.69) is 10.0 Å². The lowest BCUT2D eigenvalue weighted by molar-refractivity contribution is 0.569. The quantitative estimate of drug-likeness (QED) is 0.810. The van der Waals surface area contributed by atoms with Crippen LogP contribution in [-0.4, -0.2) is 21.0 Å². The minimum Gasteiger partial charge on any atom is -0.310 e. The summed E-state index contributed by atoms with van der Waals surface area (Å²) in [4.78, 5) is 0.356. The number of rotatable bonds is 6. The highest BCUT2D eigenvalue weighted by Gasteiger charge is 2.16. The highest BCUT2D eigenvalue weighted by molar-refractivity contribution is 7.89. The molecule has 0 saturated heterocycles. The lowest BCUT2D eigenvalue weighted by Gasteiger charge is -2.13. The average Bonchev–Trinajstić information content (AvgIpc) is 2.26. The molecule has 0 atom stereocenters. The second-order valence-electron chi connectivity index (χ2n) is 4.14. The maximum absolute atomic E-state index is 12.0. The van der Waals surface area contributed by atoms with Gasteiger partial charge in [0.15, 0.2) is 0 Å². The lowest BCUT2D eigenvalue weighted by Crippen LogP contribution is -2.27. The summed E-state index contributed by atoms with van der Waals surface area (Å²) >= 11 is 0. The second kappa shape index (κ2) is 6.14. The van der Waals surface area contributed by atoms with Gasteiger partial charge in [0.2, 0.25) is 10.0 Å². The number of hydrogen-bond donors (Lipinski definition) is 2. The Morgan fingerprint density at radius 3 is 2.47 bits per heavy atom. The first-order valence-corrected chi connectivity index (χ1v) is 7.26. The van der Waals surface area contributed by atoms with Crippen LogP contribution in [-0.2, 0) is 16.6 Å². The van der Waals surface area contributed by atoms with Gasteiger partial charge in [-0.3, -0.25) is 0 Å². The standard InChI is InChI=1S/C12H20N2O2S/c1-4-14-17(15,16)12-8-6-5-7-11(12)9-13-10(2)3/h5-8,10,13-14H,4,9H2,1-3H3. The van der Waals surface area contributed by atoms with Gasteiger partial charge in [0.1, 0.15) is 0 Å². The molecule has 0 fully saturated rings. The van der Waals surface area contributed by atoms with Crippen LogP contribution in [0.25, 0.3) is 0 Å². The molecule has 5 heteroatoms. The van der Waals surface area contributed by atoms with E-state index >= 15 is 0 Å². The molecule has 96 valence electrons. The molecule has 0 aliphatic carbocycles. The Balaban J connectivity index is 2.99. The Morgan fingerprint density at radius 2 is 1.88 bits per heavy atom. The Hall–Kier alpha value is -0.910. The van der Waals surface area contributed by atoms with Crippen LogP contribution in [0, 0.1) is 0 Å². The summed E-state index contributed by atoms with van der Waals surface area (Å²) in [6.45, 7) is 6.78. The van der Waals surface area contributed by atoms with E-state index in [-0.39, 0.29) is 0 Å². The van der Waals surface area contributed by atoms with Crippen molar-refractivity contribution in [3.05, 3.63) is 29.8 Å². The van der Waals surface area contributed by atoms with Crippen LogP contribution in [0.5, 0.6) is 0 Å². The third kappa shape index (κ3) is 4.11. The molecular weight excluding hydrogens is 236 g/mol. The number of hydrogen-bond acceptors (Lipinski definition) is 3. The number of sulfonamides is 1. The first kappa shape index (κ1) is 14.2. The van der Waals surface area contributed by atoms with E-state index < -0.39 is 10.0 Å².